The molecule has 0 saturated carbocycles. The number of hydrogen-bond donors (Lipinski definition) is 1. The zero-order chi connectivity index (χ0) is 17.9. The average molecular weight is 361 g/mol. The maximum absolute atomic E-state index is 12.7. The van der Waals surface area contributed by atoms with Gasteiger partial charge in [-0.3, -0.25) is 14.9 Å². The highest BCUT2D eigenvalue weighted by molar-refractivity contribution is 7.98. The number of methoxy groups -OCH3 is 1. The number of nitro groups is 1. The van der Waals surface area contributed by atoms with Crippen LogP contribution >= 0.6 is 11.8 Å². The second kappa shape index (κ2) is 6.91. The molecule has 2 rings (SSSR count). The average Bonchev–Trinajstić information content (AvgIpc) is 2.51. The number of halogens is 3. The number of hydrogen-bond acceptors (Lipinski definition) is 6. The van der Waals surface area contributed by atoms with Crippen molar-refractivity contribution in [2.75, 3.05) is 7.11 Å². The molecule has 1 N–H and O–H groups in total. The van der Waals surface area contributed by atoms with E-state index in [1.807, 2.05) is 0 Å². The summed E-state index contributed by atoms with van der Waals surface area (Å²) in [6.07, 6.45) is -4.74. The number of alkyl halides is 3. The monoisotopic (exact) mass is 361 g/mol. The lowest BCUT2D eigenvalue weighted by atomic mass is 10.2. The van der Waals surface area contributed by atoms with Crippen molar-refractivity contribution in [2.45, 2.75) is 17.1 Å². The lowest BCUT2D eigenvalue weighted by Gasteiger charge is -2.09. The van der Waals surface area contributed by atoms with Gasteiger partial charge in [-0.25, -0.2) is 4.98 Å². The molecule has 0 amide bonds. The van der Waals surface area contributed by atoms with Gasteiger partial charge in [-0.15, -0.1) is 0 Å². The lowest BCUT2D eigenvalue weighted by Crippen LogP contribution is -2.16. The van der Waals surface area contributed by atoms with E-state index in [0.29, 0.717) is 17.4 Å². The molecule has 1 heterocycles. The Morgan fingerprint density at radius 3 is 2.67 bits per heavy atom. The van der Waals surface area contributed by atoms with Gasteiger partial charge in [-0.05, 0) is 6.07 Å². The van der Waals surface area contributed by atoms with Crippen molar-refractivity contribution in [3.05, 3.63) is 56.0 Å². The van der Waals surface area contributed by atoms with Crippen LogP contribution in [0, 0.1) is 10.1 Å². The molecule has 0 atom stereocenters. The fourth-order valence-corrected chi connectivity index (χ4v) is 2.64. The Morgan fingerprint density at radius 2 is 2.08 bits per heavy atom. The number of aromatic nitrogens is 2. The molecule has 0 spiro atoms. The normalized spacial score (nSPS) is 11.3. The third-order valence-corrected chi connectivity index (χ3v) is 3.77. The molecule has 11 heteroatoms. The van der Waals surface area contributed by atoms with Crippen LogP contribution in [0.1, 0.15) is 11.3 Å². The molecule has 0 bridgehead atoms. The predicted octanol–water partition coefficient (Wildman–Crippen LogP) is 3.00. The molecule has 0 fully saturated rings. The van der Waals surface area contributed by atoms with Crippen molar-refractivity contribution < 1.29 is 22.8 Å². The minimum absolute atomic E-state index is 0.0229. The van der Waals surface area contributed by atoms with Crippen LogP contribution in [-0.2, 0) is 11.9 Å². The summed E-state index contributed by atoms with van der Waals surface area (Å²) in [5.74, 6) is 0.358. The van der Waals surface area contributed by atoms with Crippen LogP contribution in [0.15, 0.2) is 34.2 Å². The van der Waals surface area contributed by atoms with Gasteiger partial charge in [0.2, 0.25) is 0 Å². The van der Waals surface area contributed by atoms with Gasteiger partial charge < -0.3 is 9.72 Å². The highest BCUT2D eigenvalue weighted by Gasteiger charge is 2.33. The van der Waals surface area contributed by atoms with Crippen LogP contribution in [-0.4, -0.2) is 22.0 Å². The van der Waals surface area contributed by atoms with Gasteiger partial charge in [0.05, 0.1) is 12.0 Å². The van der Waals surface area contributed by atoms with E-state index in [9.17, 15) is 28.1 Å². The molecule has 0 aliphatic heterocycles. The Kier molecular flexibility index (Phi) is 5.12. The minimum atomic E-state index is -4.74. The Balaban J connectivity index is 2.28. The van der Waals surface area contributed by atoms with Crippen molar-refractivity contribution in [3.63, 3.8) is 0 Å². The van der Waals surface area contributed by atoms with E-state index in [-0.39, 0.29) is 16.6 Å². The molecule has 128 valence electrons. The number of rotatable bonds is 5. The van der Waals surface area contributed by atoms with Gasteiger partial charge in [-0.1, -0.05) is 11.8 Å². The molecular weight excluding hydrogens is 351 g/mol. The summed E-state index contributed by atoms with van der Waals surface area (Å²) in [5, 5.41) is 10.6. The van der Waals surface area contributed by atoms with Crippen LogP contribution < -0.4 is 10.3 Å². The Morgan fingerprint density at radius 1 is 1.38 bits per heavy atom. The minimum Gasteiger partial charge on any atom is -0.496 e. The van der Waals surface area contributed by atoms with Crippen LogP contribution in [0.5, 0.6) is 5.75 Å². The molecular formula is C13H10F3N3O4S. The smallest absolute Gasteiger partial charge is 0.433 e. The number of nitrogens with zero attached hydrogens (tertiary/aromatic N) is 2. The van der Waals surface area contributed by atoms with E-state index in [2.05, 4.69) is 9.97 Å². The quantitative estimate of drug-likeness (QED) is 0.380. The Hall–Kier alpha value is -2.56. The van der Waals surface area contributed by atoms with E-state index in [1.165, 1.54) is 25.3 Å². The standard InChI is InChI=1S/C13H10F3N3O4S/c1-23-9-3-2-8(19(21)22)4-7(9)6-24-12-17-10(13(14,15)16)5-11(20)18-12/h2-5H,6H2,1H3,(H,17,18,20). The molecule has 0 aliphatic rings. The van der Waals surface area contributed by atoms with E-state index < -0.39 is 22.4 Å². The largest absolute Gasteiger partial charge is 0.496 e. The van der Waals surface area contributed by atoms with E-state index in [0.717, 1.165) is 11.8 Å². The summed E-state index contributed by atoms with van der Waals surface area (Å²) < 4.78 is 43.0. The Bertz CT molecular complexity index is 823. The molecule has 0 aliphatic carbocycles. The molecule has 2 aromatic rings. The van der Waals surface area contributed by atoms with Crippen molar-refractivity contribution in [1.29, 1.82) is 0 Å². The van der Waals surface area contributed by atoms with Gasteiger partial charge in [0.15, 0.2) is 10.9 Å². The summed E-state index contributed by atoms with van der Waals surface area (Å²) in [6, 6.07) is 4.24. The van der Waals surface area contributed by atoms with Crippen LogP contribution in [0.25, 0.3) is 0 Å². The number of aromatic amines is 1. The zero-order valence-electron chi connectivity index (χ0n) is 12.1. The summed E-state index contributed by atoms with van der Waals surface area (Å²) in [5.41, 5.74) is -2.04. The van der Waals surface area contributed by atoms with Gasteiger partial charge in [0, 0.05) is 29.5 Å². The number of nitrogens with one attached hydrogen (secondary N) is 1. The van der Waals surface area contributed by atoms with E-state index >= 15 is 0 Å². The first-order valence-corrected chi connectivity index (χ1v) is 7.32. The summed E-state index contributed by atoms with van der Waals surface area (Å²) in [6.45, 7) is 0. The number of non-ortho nitro benzene ring substituents is 1. The van der Waals surface area contributed by atoms with Crippen molar-refractivity contribution in [3.8, 4) is 5.75 Å². The fourth-order valence-electron chi connectivity index (χ4n) is 1.79. The number of H-pyrrole nitrogens is 1. The van der Waals surface area contributed by atoms with Gasteiger partial charge >= 0.3 is 6.18 Å². The van der Waals surface area contributed by atoms with Crippen molar-refractivity contribution >= 4 is 17.4 Å². The number of ether oxygens (including phenoxy) is 1. The Labute approximate surface area is 137 Å². The van der Waals surface area contributed by atoms with Gasteiger partial charge in [0.1, 0.15) is 5.75 Å². The molecule has 0 unspecified atom stereocenters. The lowest BCUT2D eigenvalue weighted by molar-refractivity contribution is -0.384. The molecule has 0 saturated heterocycles. The number of nitro benzene ring substituents is 1. The molecule has 7 nitrogen and oxygen atoms in total. The molecule has 0 radical (unpaired) electrons. The highest BCUT2D eigenvalue weighted by Crippen LogP contribution is 2.31. The third kappa shape index (κ3) is 4.25. The fraction of sp³-hybridized carbons (Fsp3) is 0.231. The maximum atomic E-state index is 12.7. The first-order chi connectivity index (χ1) is 11.2. The van der Waals surface area contributed by atoms with Gasteiger partial charge in [0.25, 0.3) is 11.2 Å². The van der Waals surface area contributed by atoms with Crippen LogP contribution in [0.3, 0.4) is 0 Å². The first-order valence-electron chi connectivity index (χ1n) is 6.33. The summed E-state index contributed by atoms with van der Waals surface area (Å²) in [7, 11) is 1.36. The van der Waals surface area contributed by atoms with Crippen LogP contribution in [0.4, 0.5) is 18.9 Å². The predicted molar refractivity (Wildman–Crippen MR) is 79.1 cm³/mol. The van der Waals surface area contributed by atoms with Gasteiger partial charge in [-0.2, -0.15) is 13.2 Å². The zero-order valence-corrected chi connectivity index (χ0v) is 12.9. The molecule has 1 aromatic heterocycles. The summed E-state index contributed by atoms with van der Waals surface area (Å²) in [4.78, 5) is 27.0. The molecule has 24 heavy (non-hydrogen) atoms. The number of benzene rings is 1. The molecule has 1 aromatic carbocycles. The van der Waals surface area contributed by atoms with Crippen LogP contribution in [0.2, 0.25) is 0 Å². The topological polar surface area (TPSA) is 98.1 Å². The second-order valence-corrected chi connectivity index (χ2v) is 5.44. The highest BCUT2D eigenvalue weighted by atomic mass is 32.2. The maximum Gasteiger partial charge on any atom is 0.433 e. The van der Waals surface area contributed by atoms with E-state index in [1.54, 1.807) is 0 Å². The third-order valence-electron chi connectivity index (χ3n) is 2.85. The van der Waals surface area contributed by atoms with Crippen molar-refractivity contribution in [1.82, 2.24) is 9.97 Å². The second-order valence-electron chi connectivity index (χ2n) is 4.48. The SMILES string of the molecule is COc1ccc([N+](=O)[O-])cc1CSc1nc(C(F)(F)F)cc(=O)[nH]1. The first kappa shape index (κ1) is 17.8. The van der Waals surface area contributed by atoms with Crippen molar-refractivity contribution in [2.24, 2.45) is 0 Å². The van der Waals surface area contributed by atoms with E-state index in [4.69, 9.17) is 4.74 Å². The number of thioether (sulfide) groups is 1. The summed E-state index contributed by atoms with van der Waals surface area (Å²) >= 11 is 0.799.